The van der Waals surface area contributed by atoms with Crippen molar-refractivity contribution in [3.8, 4) is 11.5 Å². The maximum absolute atomic E-state index is 13.1. The molecule has 0 unspecified atom stereocenters. The highest BCUT2D eigenvalue weighted by Crippen LogP contribution is 2.36. The van der Waals surface area contributed by atoms with Gasteiger partial charge in [0.2, 0.25) is 0 Å². The Bertz CT molecular complexity index is 1300. The van der Waals surface area contributed by atoms with E-state index in [1.807, 2.05) is 73.7 Å². The molecule has 3 aromatic rings. The summed E-state index contributed by atoms with van der Waals surface area (Å²) in [4.78, 5) is 20.1. The van der Waals surface area contributed by atoms with E-state index in [1.54, 1.807) is 12.0 Å². The van der Waals surface area contributed by atoms with E-state index in [4.69, 9.17) is 26.1 Å². The molecule has 1 aliphatic rings. The summed E-state index contributed by atoms with van der Waals surface area (Å²) in [7, 11) is 1.60. The molecule has 0 aliphatic carbocycles. The van der Waals surface area contributed by atoms with Crippen LogP contribution in [0.3, 0.4) is 0 Å². The SMILES string of the molecule is CCN1C(=O)/C(=C/c2ccc(OCc3ccc(Cl)cc3)c(OC)c2)SC1=Nc1ccc(C)c(C)c1. The molecule has 1 saturated heterocycles. The number of amides is 1. The van der Waals surface area contributed by atoms with Crippen LogP contribution in [0.4, 0.5) is 5.69 Å². The minimum atomic E-state index is -0.0536. The maximum atomic E-state index is 13.1. The Morgan fingerprint density at radius 3 is 2.46 bits per heavy atom. The van der Waals surface area contributed by atoms with E-state index in [9.17, 15) is 4.79 Å². The Kier molecular flexibility index (Phi) is 7.83. The minimum Gasteiger partial charge on any atom is -0.493 e. The molecule has 0 spiro atoms. The number of hydrogen-bond donors (Lipinski definition) is 0. The van der Waals surface area contributed by atoms with Gasteiger partial charge in [-0.2, -0.15) is 0 Å². The Morgan fingerprint density at radius 2 is 1.77 bits per heavy atom. The van der Waals surface area contributed by atoms with Crippen LogP contribution in [0.5, 0.6) is 11.5 Å². The average Bonchev–Trinajstić information content (AvgIpc) is 3.14. The predicted molar refractivity (Wildman–Crippen MR) is 145 cm³/mol. The van der Waals surface area contributed by atoms with Gasteiger partial charge in [0.05, 0.1) is 17.7 Å². The molecule has 1 amide bonds. The molecule has 4 rings (SSSR count). The molecule has 0 bridgehead atoms. The Hall–Kier alpha value is -3.22. The summed E-state index contributed by atoms with van der Waals surface area (Å²) < 4.78 is 11.5. The Labute approximate surface area is 215 Å². The van der Waals surface area contributed by atoms with Gasteiger partial charge >= 0.3 is 0 Å². The smallest absolute Gasteiger partial charge is 0.266 e. The van der Waals surface area contributed by atoms with E-state index in [0.717, 1.165) is 16.8 Å². The lowest BCUT2D eigenvalue weighted by molar-refractivity contribution is -0.122. The first-order valence-corrected chi connectivity index (χ1v) is 12.5. The first kappa shape index (κ1) is 24.9. The lowest BCUT2D eigenvalue weighted by Gasteiger charge is -2.12. The van der Waals surface area contributed by atoms with E-state index < -0.39 is 0 Å². The van der Waals surface area contributed by atoms with Gasteiger partial charge in [-0.25, -0.2) is 4.99 Å². The van der Waals surface area contributed by atoms with Gasteiger partial charge in [0.15, 0.2) is 16.7 Å². The number of aryl methyl sites for hydroxylation is 2. The zero-order valence-electron chi connectivity index (χ0n) is 20.2. The molecular weight excluding hydrogens is 480 g/mol. The van der Waals surface area contributed by atoms with Crippen LogP contribution in [0.1, 0.15) is 29.2 Å². The van der Waals surface area contributed by atoms with Crippen LogP contribution in [-0.4, -0.2) is 29.6 Å². The van der Waals surface area contributed by atoms with Crippen molar-refractivity contribution in [1.82, 2.24) is 4.90 Å². The van der Waals surface area contributed by atoms with Gasteiger partial charge in [0.25, 0.3) is 5.91 Å². The number of rotatable bonds is 7. The molecule has 0 aromatic heterocycles. The van der Waals surface area contributed by atoms with Gasteiger partial charge in [-0.1, -0.05) is 35.9 Å². The van der Waals surface area contributed by atoms with Crippen molar-refractivity contribution in [3.05, 3.63) is 92.8 Å². The van der Waals surface area contributed by atoms with Crippen LogP contribution in [0, 0.1) is 13.8 Å². The van der Waals surface area contributed by atoms with E-state index in [-0.39, 0.29) is 5.91 Å². The molecule has 7 heteroatoms. The molecule has 1 aliphatic heterocycles. The summed E-state index contributed by atoms with van der Waals surface area (Å²) in [6, 6.07) is 19.2. The van der Waals surface area contributed by atoms with Crippen molar-refractivity contribution < 1.29 is 14.3 Å². The third-order valence-electron chi connectivity index (χ3n) is 5.71. The van der Waals surface area contributed by atoms with E-state index in [0.29, 0.717) is 39.7 Å². The van der Waals surface area contributed by atoms with Gasteiger partial charge in [-0.3, -0.25) is 9.69 Å². The van der Waals surface area contributed by atoms with Crippen LogP contribution in [0.2, 0.25) is 5.02 Å². The van der Waals surface area contributed by atoms with Crippen molar-refractivity contribution in [2.75, 3.05) is 13.7 Å². The average molecular weight is 507 g/mol. The molecule has 0 radical (unpaired) electrons. The third kappa shape index (κ3) is 5.89. The first-order valence-electron chi connectivity index (χ1n) is 11.3. The van der Waals surface area contributed by atoms with E-state index >= 15 is 0 Å². The maximum Gasteiger partial charge on any atom is 0.266 e. The quantitative estimate of drug-likeness (QED) is 0.319. The van der Waals surface area contributed by atoms with Gasteiger partial charge in [0, 0.05) is 11.6 Å². The molecule has 35 heavy (non-hydrogen) atoms. The van der Waals surface area contributed by atoms with Crippen LogP contribution in [0.25, 0.3) is 6.08 Å². The number of aliphatic imine (C=N–C) groups is 1. The number of ether oxygens (including phenoxy) is 2. The number of methoxy groups -OCH3 is 1. The molecule has 0 atom stereocenters. The first-order chi connectivity index (χ1) is 16.9. The fraction of sp³-hybridized carbons (Fsp3) is 0.214. The number of carbonyl (C=O) groups excluding carboxylic acids is 1. The van der Waals surface area contributed by atoms with Crippen molar-refractivity contribution in [1.29, 1.82) is 0 Å². The normalized spacial score (nSPS) is 15.8. The van der Waals surface area contributed by atoms with E-state index in [2.05, 4.69) is 13.8 Å². The number of likely N-dealkylation sites (N-methyl/N-ethyl adjacent to an activating group) is 1. The Balaban J connectivity index is 1.54. The molecule has 1 fully saturated rings. The van der Waals surface area contributed by atoms with Crippen LogP contribution >= 0.6 is 23.4 Å². The molecular formula is C28H27ClN2O3S. The van der Waals surface area contributed by atoms with Gasteiger partial charge in [-0.05, 0) is 97.3 Å². The van der Waals surface area contributed by atoms with Crippen molar-refractivity contribution in [3.63, 3.8) is 0 Å². The van der Waals surface area contributed by atoms with Crippen molar-refractivity contribution in [2.24, 2.45) is 4.99 Å². The van der Waals surface area contributed by atoms with Crippen LogP contribution < -0.4 is 9.47 Å². The topological polar surface area (TPSA) is 51.1 Å². The number of nitrogens with zero attached hydrogens (tertiary/aromatic N) is 2. The van der Waals surface area contributed by atoms with Gasteiger partial charge in [-0.15, -0.1) is 0 Å². The summed E-state index contributed by atoms with van der Waals surface area (Å²) in [6.45, 7) is 7.03. The van der Waals surface area contributed by atoms with Crippen LogP contribution in [-0.2, 0) is 11.4 Å². The fourth-order valence-corrected chi connectivity index (χ4v) is 4.75. The summed E-state index contributed by atoms with van der Waals surface area (Å²) in [5, 5.41) is 1.37. The van der Waals surface area contributed by atoms with Crippen LogP contribution in [0.15, 0.2) is 70.6 Å². The number of thioether (sulfide) groups is 1. The molecule has 0 saturated carbocycles. The summed E-state index contributed by atoms with van der Waals surface area (Å²) in [5.41, 5.74) is 5.08. The zero-order chi connectivity index (χ0) is 24.9. The molecule has 1 heterocycles. The largest absolute Gasteiger partial charge is 0.493 e. The number of carbonyl (C=O) groups is 1. The Morgan fingerprint density at radius 1 is 1.00 bits per heavy atom. The third-order valence-corrected chi connectivity index (χ3v) is 6.97. The summed E-state index contributed by atoms with van der Waals surface area (Å²) in [5.74, 6) is 1.17. The summed E-state index contributed by atoms with van der Waals surface area (Å²) in [6.07, 6.45) is 1.87. The molecule has 0 N–H and O–H groups in total. The lowest BCUT2D eigenvalue weighted by Crippen LogP contribution is -2.28. The second-order valence-electron chi connectivity index (χ2n) is 8.15. The molecule has 5 nitrogen and oxygen atoms in total. The number of benzene rings is 3. The second-order valence-corrected chi connectivity index (χ2v) is 9.59. The van der Waals surface area contributed by atoms with E-state index in [1.165, 1.54) is 22.9 Å². The molecule has 3 aromatic carbocycles. The molecule has 180 valence electrons. The zero-order valence-corrected chi connectivity index (χ0v) is 21.7. The predicted octanol–water partition coefficient (Wildman–Crippen LogP) is 7.17. The number of halogens is 1. The van der Waals surface area contributed by atoms with Crippen molar-refractivity contribution >= 4 is 46.2 Å². The lowest BCUT2D eigenvalue weighted by atomic mass is 10.1. The number of amidine groups is 1. The highest BCUT2D eigenvalue weighted by Gasteiger charge is 2.32. The van der Waals surface area contributed by atoms with Gasteiger partial charge < -0.3 is 9.47 Å². The monoisotopic (exact) mass is 506 g/mol. The minimum absolute atomic E-state index is 0.0536. The standard InChI is InChI=1S/C28H27ClN2O3S/c1-5-31-27(32)26(35-28(31)30-23-12-6-18(2)19(3)14-23)16-21-9-13-24(25(15-21)33-4)34-17-20-7-10-22(29)11-8-20/h6-16H,5,17H2,1-4H3/b26-16-,30-28?. The van der Waals surface area contributed by atoms with Crippen molar-refractivity contribution in [2.45, 2.75) is 27.4 Å². The highest BCUT2D eigenvalue weighted by molar-refractivity contribution is 8.18. The number of hydrogen-bond acceptors (Lipinski definition) is 5. The second kappa shape index (κ2) is 11.0. The van der Waals surface area contributed by atoms with Gasteiger partial charge in [0.1, 0.15) is 6.61 Å². The highest BCUT2D eigenvalue weighted by atomic mass is 35.5. The fourth-order valence-electron chi connectivity index (χ4n) is 3.56. The summed E-state index contributed by atoms with van der Waals surface area (Å²) >= 11 is 7.33.